The van der Waals surface area contributed by atoms with Gasteiger partial charge in [-0.2, -0.15) is 0 Å². The minimum atomic E-state index is -0.548. The monoisotopic (exact) mass is 276 g/mol. The molecule has 0 aliphatic heterocycles. The first-order valence-electron chi connectivity index (χ1n) is 6.21. The Morgan fingerprint density at radius 2 is 2.10 bits per heavy atom. The SMILES string of the molecule is COc1ccccc1[C@@H](C)NCc1ccc([N+](=O)[O-])o1. The molecule has 2 aromatic rings. The van der Waals surface area contributed by atoms with E-state index in [0.29, 0.717) is 12.3 Å². The third-order valence-electron chi connectivity index (χ3n) is 3.02. The maximum Gasteiger partial charge on any atom is 0.433 e. The summed E-state index contributed by atoms with van der Waals surface area (Å²) in [5, 5.41) is 13.8. The number of ether oxygens (including phenoxy) is 1. The Morgan fingerprint density at radius 3 is 2.75 bits per heavy atom. The summed E-state index contributed by atoms with van der Waals surface area (Å²) < 4.78 is 10.4. The highest BCUT2D eigenvalue weighted by molar-refractivity contribution is 5.35. The van der Waals surface area contributed by atoms with Crippen molar-refractivity contribution in [2.24, 2.45) is 0 Å². The lowest BCUT2D eigenvalue weighted by Gasteiger charge is -2.16. The van der Waals surface area contributed by atoms with E-state index in [1.165, 1.54) is 6.07 Å². The van der Waals surface area contributed by atoms with Crippen molar-refractivity contribution in [1.29, 1.82) is 0 Å². The van der Waals surface area contributed by atoms with Gasteiger partial charge in [-0.05, 0) is 19.1 Å². The van der Waals surface area contributed by atoms with Gasteiger partial charge in [0.2, 0.25) is 0 Å². The molecule has 6 nitrogen and oxygen atoms in total. The largest absolute Gasteiger partial charge is 0.496 e. The summed E-state index contributed by atoms with van der Waals surface area (Å²) in [6.45, 7) is 2.41. The molecule has 0 radical (unpaired) electrons. The van der Waals surface area contributed by atoms with Crippen LogP contribution in [0.2, 0.25) is 0 Å². The molecule has 106 valence electrons. The number of para-hydroxylation sites is 1. The van der Waals surface area contributed by atoms with Crippen molar-refractivity contribution in [2.75, 3.05) is 7.11 Å². The predicted molar refractivity (Wildman–Crippen MR) is 73.6 cm³/mol. The first kappa shape index (κ1) is 14.1. The molecule has 0 saturated carbocycles. The van der Waals surface area contributed by atoms with Crippen LogP contribution in [0.5, 0.6) is 5.75 Å². The molecule has 0 spiro atoms. The normalized spacial score (nSPS) is 12.1. The van der Waals surface area contributed by atoms with Gasteiger partial charge in [0.05, 0.1) is 19.7 Å². The molecule has 1 N–H and O–H groups in total. The third kappa shape index (κ3) is 3.16. The fourth-order valence-electron chi connectivity index (χ4n) is 1.95. The lowest BCUT2D eigenvalue weighted by Crippen LogP contribution is -2.18. The highest BCUT2D eigenvalue weighted by Crippen LogP contribution is 2.25. The maximum absolute atomic E-state index is 10.5. The molecule has 20 heavy (non-hydrogen) atoms. The van der Waals surface area contributed by atoms with E-state index >= 15 is 0 Å². The van der Waals surface area contributed by atoms with Gasteiger partial charge in [0, 0.05) is 11.6 Å². The highest BCUT2D eigenvalue weighted by Gasteiger charge is 2.14. The molecule has 1 heterocycles. The van der Waals surface area contributed by atoms with Gasteiger partial charge in [0.15, 0.2) is 0 Å². The Balaban J connectivity index is 2.00. The smallest absolute Gasteiger partial charge is 0.433 e. The van der Waals surface area contributed by atoms with Crippen molar-refractivity contribution >= 4 is 5.88 Å². The number of benzene rings is 1. The molecule has 0 unspecified atom stereocenters. The first-order chi connectivity index (χ1) is 9.61. The number of rotatable bonds is 6. The van der Waals surface area contributed by atoms with Crippen LogP contribution < -0.4 is 10.1 Å². The van der Waals surface area contributed by atoms with Crippen LogP contribution in [0, 0.1) is 10.1 Å². The van der Waals surface area contributed by atoms with E-state index < -0.39 is 4.92 Å². The van der Waals surface area contributed by atoms with Crippen LogP contribution in [0.25, 0.3) is 0 Å². The predicted octanol–water partition coefficient (Wildman–Crippen LogP) is 3.05. The molecular weight excluding hydrogens is 260 g/mol. The molecular formula is C14H16N2O4. The second kappa shape index (κ2) is 6.21. The van der Waals surface area contributed by atoms with Gasteiger partial charge in [0.1, 0.15) is 16.4 Å². The van der Waals surface area contributed by atoms with Gasteiger partial charge in [-0.15, -0.1) is 0 Å². The summed E-state index contributed by atoms with van der Waals surface area (Å²) in [6.07, 6.45) is 0. The lowest BCUT2D eigenvalue weighted by molar-refractivity contribution is -0.402. The summed E-state index contributed by atoms with van der Waals surface area (Å²) in [4.78, 5) is 9.98. The number of nitrogens with zero attached hydrogens (tertiary/aromatic N) is 1. The van der Waals surface area contributed by atoms with Gasteiger partial charge in [-0.25, -0.2) is 0 Å². The van der Waals surface area contributed by atoms with E-state index in [2.05, 4.69) is 5.32 Å². The Kier molecular flexibility index (Phi) is 4.37. The van der Waals surface area contributed by atoms with E-state index in [9.17, 15) is 10.1 Å². The van der Waals surface area contributed by atoms with Gasteiger partial charge in [0.25, 0.3) is 0 Å². The number of nitrogens with one attached hydrogen (secondary N) is 1. The summed E-state index contributed by atoms with van der Waals surface area (Å²) in [7, 11) is 1.63. The minimum absolute atomic E-state index is 0.0373. The fraction of sp³-hybridized carbons (Fsp3) is 0.286. The van der Waals surface area contributed by atoms with E-state index in [0.717, 1.165) is 11.3 Å². The van der Waals surface area contributed by atoms with Crippen LogP contribution in [0.1, 0.15) is 24.3 Å². The standard InChI is InChI=1S/C14H16N2O4/c1-10(12-5-3-4-6-13(12)19-2)15-9-11-7-8-14(20-11)16(17)18/h3-8,10,15H,9H2,1-2H3/t10-/m1/s1. The van der Waals surface area contributed by atoms with E-state index in [1.807, 2.05) is 31.2 Å². The van der Waals surface area contributed by atoms with Crippen molar-refractivity contribution in [3.8, 4) is 5.75 Å². The Hall–Kier alpha value is -2.34. The minimum Gasteiger partial charge on any atom is -0.496 e. The molecule has 0 aliphatic carbocycles. The zero-order valence-corrected chi connectivity index (χ0v) is 11.3. The van der Waals surface area contributed by atoms with Gasteiger partial charge >= 0.3 is 5.88 Å². The number of methoxy groups -OCH3 is 1. The van der Waals surface area contributed by atoms with Crippen LogP contribution >= 0.6 is 0 Å². The topological polar surface area (TPSA) is 77.5 Å². The van der Waals surface area contributed by atoms with Crippen LogP contribution in [-0.4, -0.2) is 12.0 Å². The van der Waals surface area contributed by atoms with Gasteiger partial charge < -0.3 is 14.5 Å². The van der Waals surface area contributed by atoms with Crippen molar-refractivity contribution in [2.45, 2.75) is 19.5 Å². The summed E-state index contributed by atoms with van der Waals surface area (Å²) in [5.41, 5.74) is 1.02. The zero-order chi connectivity index (χ0) is 14.5. The number of hydrogen-bond donors (Lipinski definition) is 1. The molecule has 6 heteroatoms. The Labute approximate surface area is 116 Å². The number of furan rings is 1. The zero-order valence-electron chi connectivity index (χ0n) is 11.3. The fourth-order valence-corrected chi connectivity index (χ4v) is 1.95. The lowest BCUT2D eigenvalue weighted by atomic mass is 10.1. The Morgan fingerprint density at radius 1 is 1.35 bits per heavy atom. The van der Waals surface area contributed by atoms with E-state index in [-0.39, 0.29) is 11.9 Å². The van der Waals surface area contributed by atoms with Gasteiger partial charge in [-0.1, -0.05) is 18.2 Å². The quantitative estimate of drug-likeness (QED) is 0.648. The summed E-state index contributed by atoms with van der Waals surface area (Å²) in [6, 6.07) is 10.7. The van der Waals surface area contributed by atoms with Crippen LogP contribution in [-0.2, 0) is 6.54 Å². The van der Waals surface area contributed by atoms with Crippen LogP contribution in [0.3, 0.4) is 0 Å². The average molecular weight is 276 g/mol. The van der Waals surface area contributed by atoms with Crippen molar-refractivity contribution in [3.63, 3.8) is 0 Å². The molecule has 0 saturated heterocycles. The molecule has 1 aromatic heterocycles. The highest BCUT2D eigenvalue weighted by atomic mass is 16.6. The van der Waals surface area contributed by atoms with Crippen LogP contribution in [0.4, 0.5) is 5.88 Å². The van der Waals surface area contributed by atoms with E-state index in [4.69, 9.17) is 9.15 Å². The van der Waals surface area contributed by atoms with Crippen molar-refractivity contribution in [3.05, 3.63) is 57.8 Å². The second-order valence-corrected chi connectivity index (χ2v) is 4.34. The van der Waals surface area contributed by atoms with Crippen LogP contribution in [0.15, 0.2) is 40.8 Å². The molecule has 1 aromatic carbocycles. The Bertz CT molecular complexity index is 594. The summed E-state index contributed by atoms with van der Waals surface area (Å²) >= 11 is 0. The molecule has 1 atom stereocenters. The summed E-state index contributed by atoms with van der Waals surface area (Å²) in [5.74, 6) is 1.09. The number of hydrogen-bond acceptors (Lipinski definition) is 5. The molecule has 2 rings (SSSR count). The average Bonchev–Trinajstić information content (AvgIpc) is 2.94. The van der Waals surface area contributed by atoms with E-state index in [1.54, 1.807) is 13.2 Å². The molecule has 0 aliphatic rings. The number of nitro groups is 1. The second-order valence-electron chi connectivity index (χ2n) is 4.34. The molecule has 0 bridgehead atoms. The first-order valence-corrected chi connectivity index (χ1v) is 6.21. The van der Waals surface area contributed by atoms with Crippen molar-refractivity contribution in [1.82, 2.24) is 5.32 Å². The molecule has 0 amide bonds. The molecule has 0 fully saturated rings. The third-order valence-corrected chi connectivity index (χ3v) is 3.02. The van der Waals surface area contributed by atoms with Gasteiger partial charge in [-0.3, -0.25) is 10.1 Å². The maximum atomic E-state index is 10.5. The van der Waals surface area contributed by atoms with Crippen molar-refractivity contribution < 1.29 is 14.1 Å².